The van der Waals surface area contributed by atoms with E-state index >= 15 is 0 Å². The van der Waals surface area contributed by atoms with Crippen molar-refractivity contribution in [3.8, 4) is 5.75 Å². The van der Waals surface area contributed by atoms with Gasteiger partial charge in [-0.05, 0) is 56.8 Å². The van der Waals surface area contributed by atoms with E-state index < -0.39 is 0 Å². The van der Waals surface area contributed by atoms with E-state index in [4.69, 9.17) is 9.15 Å². The number of nitrogens with one attached hydrogen (secondary N) is 2. The molecule has 0 atom stereocenters. The lowest BCUT2D eigenvalue weighted by molar-refractivity contribution is 0.0937. The van der Waals surface area contributed by atoms with E-state index in [0.29, 0.717) is 18.7 Å². The number of furan rings is 1. The molecule has 3 rings (SSSR count). The number of benzene rings is 1. The number of piperazine rings is 1. The van der Waals surface area contributed by atoms with Gasteiger partial charge in [0.1, 0.15) is 17.8 Å². The summed E-state index contributed by atoms with van der Waals surface area (Å²) >= 11 is 4.34. The largest absolute Gasteiger partial charge is 0.497 e. The molecule has 1 fully saturated rings. The topological polar surface area (TPSA) is 133 Å². The molecular weight excluding hydrogens is 456 g/mol. The van der Waals surface area contributed by atoms with Gasteiger partial charge >= 0.3 is 0 Å². The summed E-state index contributed by atoms with van der Waals surface area (Å²) < 4.78 is 10.4. The highest BCUT2D eigenvalue weighted by Crippen LogP contribution is 2.23. The van der Waals surface area contributed by atoms with Gasteiger partial charge in [-0.15, -0.1) is 12.6 Å². The number of hydrogen-bond donors (Lipinski definition) is 3. The standard InChI is InChI=1S/C15H26N4O2.C9H12OS.2H2O/c1-3-18-6-8-19(9-7-18)5-4-17-15(20)13-10-14(11-16-2)21-12-13;1-6-4-8(10-3)5-7(2)9(6)11;;/h10,12,16H,3-9,11H2,1-2H3,(H,17,20);4-5,11H,1-3H3;2*1H2. The van der Waals surface area contributed by atoms with Gasteiger partial charge in [-0.3, -0.25) is 9.69 Å². The van der Waals surface area contributed by atoms with E-state index in [1.807, 2.05) is 33.0 Å². The maximum Gasteiger partial charge on any atom is 0.254 e. The van der Waals surface area contributed by atoms with Crippen molar-refractivity contribution in [3.63, 3.8) is 0 Å². The zero-order chi connectivity index (χ0) is 23.5. The van der Waals surface area contributed by atoms with Crippen LogP contribution in [0.5, 0.6) is 5.75 Å². The molecule has 1 amide bonds. The number of aryl methyl sites for hydroxylation is 2. The molecular formula is C24H42N4O5S. The van der Waals surface area contributed by atoms with Gasteiger partial charge in [0.15, 0.2) is 0 Å². The smallest absolute Gasteiger partial charge is 0.254 e. The lowest BCUT2D eigenvalue weighted by atomic mass is 10.1. The zero-order valence-electron chi connectivity index (χ0n) is 21.0. The van der Waals surface area contributed by atoms with E-state index in [1.54, 1.807) is 13.2 Å². The lowest BCUT2D eigenvalue weighted by Gasteiger charge is -2.33. The third-order valence-corrected chi connectivity index (χ3v) is 6.30. The summed E-state index contributed by atoms with van der Waals surface area (Å²) in [6.45, 7) is 14.0. The van der Waals surface area contributed by atoms with Gasteiger partial charge in [0.2, 0.25) is 0 Å². The Labute approximate surface area is 208 Å². The molecule has 1 aliphatic rings. The molecule has 0 bridgehead atoms. The van der Waals surface area contributed by atoms with Crippen molar-refractivity contribution in [1.82, 2.24) is 20.4 Å². The van der Waals surface area contributed by atoms with Crippen molar-refractivity contribution in [3.05, 3.63) is 46.9 Å². The van der Waals surface area contributed by atoms with Crippen molar-refractivity contribution in [1.29, 1.82) is 0 Å². The second-order valence-electron chi connectivity index (χ2n) is 7.97. The maximum absolute atomic E-state index is 12.0. The van der Waals surface area contributed by atoms with Gasteiger partial charge in [0.25, 0.3) is 5.91 Å². The first-order valence-electron chi connectivity index (χ1n) is 11.2. The van der Waals surface area contributed by atoms with Crippen molar-refractivity contribution in [2.45, 2.75) is 32.2 Å². The number of methoxy groups -OCH3 is 1. The minimum absolute atomic E-state index is 0. The monoisotopic (exact) mass is 498 g/mol. The van der Waals surface area contributed by atoms with E-state index in [1.165, 1.54) is 6.26 Å². The van der Waals surface area contributed by atoms with Crippen LogP contribution in [0.2, 0.25) is 0 Å². The van der Waals surface area contributed by atoms with Crippen LogP contribution in [0.1, 0.15) is 34.2 Å². The molecule has 34 heavy (non-hydrogen) atoms. The van der Waals surface area contributed by atoms with Crippen LogP contribution in [0.3, 0.4) is 0 Å². The number of carbonyl (C=O) groups is 1. The Kier molecular flexibility index (Phi) is 15.5. The predicted octanol–water partition coefficient (Wildman–Crippen LogP) is 1.32. The Balaban J connectivity index is 0.000000716. The Morgan fingerprint density at radius 1 is 1.09 bits per heavy atom. The van der Waals surface area contributed by atoms with Crippen molar-refractivity contribution < 1.29 is 24.9 Å². The van der Waals surface area contributed by atoms with Crippen LogP contribution >= 0.6 is 12.6 Å². The molecule has 0 unspecified atom stereocenters. The number of amides is 1. The van der Waals surface area contributed by atoms with Crippen molar-refractivity contribution >= 4 is 18.5 Å². The summed E-state index contributed by atoms with van der Waals surface area (Å²) in [6, 6.07) is 5.75. The first kappa shape index (κ1) is 31.9. The Bertz CT molecular complexity index is 831. The minimum Gasteiger partial charge on any atom is -0.497 e. The lowest BCUT2D eigenvalue weighted by Crippen LogP contribution is -2.48. The van der Waals surface area contributed by atoms with Crippen LogP contribution in [-0.4, -0.2) is 86.6 Å². The molecule has 10 heteroatoms. The van der Waals surface area contributed by atoms with Gasteiger partial charge < -0.3 is 35.6 Å². The highest BCUT2D eigenvalue weighted by atomic mass is 32.1. The number of rotatable bonds is 8. The highest BCUT2D eigenvalue weighted by Gasteiger charge is 2.15. The van der Waals surface area contributed by atoms with E-state index in [-0.39, 0.29) is 16.9 Å². The molecule has 194 valence electrons. The molecule has 2 aromatic rings. The van der Waals surface area contributed by atoms with Crippen LogP contribution in [-0.2, 0) is 6.54 Å². The molecule has 1 saturated heterocycles. The average molecular weight is 499 g/mol. The molecule has 0 spiro atoms. The van der Waals surface area contributed by atoms with Crippen LogP contribution < -0.4 is 15.4 Å². The van der Waals surface area contributed by atoms with Gasteiger partial charge in [0.05, 0.1) is 19.2 Å². The Hall–Kier alpha value is -2.08. The number of nitrogens with zero attached hydrogens (tertiary/aromatic N) is 2. The number of thiol groups is 1. The van der Waals surface area contributed by atoms with Crippen molar-refractivity contribution in [2.75, 3.05) is 60.0 Å². The summed E-state index contributed by atoms with van der Waals surface area (Å²) in [4.78, 5) is 17.9. The summed E-state index contributed by atoms with van der Waals surface area (Å²) in [5, 5.41) is 5.95. The number of ether oxygens (including phenoxy) is 1. The molecule has 0 aliphatic carbocycles. The summed E-state index contributed by atoms with van der Waals surface area (Å²) in [5.41, 5.74) is 2.91. The molecule has 0 saturated carbocycles. The molecule has 2 heterocycles. The third-order valence-electron chi connectivity index (χ3n) is 5.59. The predicted molar refractivity (Wildman–Crippen MR) is 139 cm³/mol. The number of likely N-dealkylation sites (N-methyl/N-ethyl adjacent to an activating group) is 1. The second kappa shape index (κ2) is 16.5. The van der Waals surface area contributed by atoms with Crippen LogP contribution in [0.4, 0.5) is 0 Å². The van der Waals surface area contributed by atoms with Gasteiger partial charge in [-0.25, -0.2) is 0 Å². The molecule has 0 radical (unpaired) electrons. The fraction of sp³-hybridized carbons (Fsp3) is 0.542. The Morgan fingerprint density at radius 2 is 1.68 bits per heavy atom. The molecule has 1 aromatic heterocycles. The Morgan fingerprint density at radius 3 is 2.21 bits per heavy atom. The normalized spacial score (nSPS) is 13.7. The molecule has 6 N–H and O–H groups in total. The summed E-state index contributed by atoms with van der Waals surface area (Å²) in [5.74, 6) is 1.62. The van der Waals surface area contributed by atoms with E-state index in [9.17, 15) is 4.79 Å². The van der Waals surface area contributed by atoms with Gasteiger partial charge in [-0.1, -0.05) is 6.92 Å². The molecule has 1 aromatic carbocycles. The molecule has 1 aliphatic heterocycles. The zero-order valence-corrected chi connectivity index (χ0v) is 21.9. The van der Waals surface area contributed by atoms with Crippen molar-refractivity contribution in [2.24, 2.45) is 0 Å². The fourth-order valence-corrected chi connectivity index (χ4v) is 3.69. The van der Waals surface area contributed by atoms with Crippen LogP contribution in [0, 0.1) is 13.8 Å². The maximum atomic E-state index is 12.0. The SMILES string of the molecule is CCN1CCN(CCNC(=O)c2coc(CNC)c2)CC1.COc1cc(C)c(S)c(C)c1.O.O. The average Bonchev–Trinajstić information content (AvgIpc) is 3.27. The molecule has 9 nitrogen and oxygen atoms in total. The number of hydrogen-bond acceptors (Lipinski definition) is 7. The first-order chi connectivity index (χ1) is 15.4. The minimum atomic E-state index is -0.0618. The van der Waals surface area contributed by atoms with Gasteiger partial charge in [0, 0.05) is 44.2 Å². The van der Waals surface area contributed by atoms with Gasteiger partial charge in [-0.2, -0.15) is 0 Å². The number of carbonyl (C=O) groups excluding carboxylic acids is 1. The highest BCUT2D eigenvalue weighted by molar-refractivity contribution is 7.80. The summed E-state index contributed by atoms with van der Waals surface area (Å²) in [7, 11) is 3.52. The van der Waals surface area contributed by atoms with E-state index in [2.05, 4.69) is 40.0 Å². The quantitative estimate of drug-likeness (QED) is 0.470. The van der Waals surface area contributed by atoms with Crippen LogP contribution in [0.25, 0.3) is 0 Å². The van der Waals surface area contributed by atoms with E-state index in [0.717, 1.165) is 66.8 Å². The summed E-state index contributed by atoms with van der Waals surface area (Å²) in [6.07, 6.45) is 1.52. The van der Waals surface area contributed by atoms with Crippen LogP contribution in [0.15, 0.2) is 33.8 Å². The third kappa shape index (κ3) is 10.0. The second-order valence-corrected chi connectivity index (χ2v) is 8.42. The first-order valence-corrected chi connectivity index (χ1v) is 11.6. The fourth-order valence-electron chi connectivity index (χ4n) is 3.56.